The summed E-state index contributed by atoms with van der Waals surface area (Å²) in [6, 6.07) is 0. The molecule has 3 rings (SSSR count). The van der Waals surface area contributed by atoms with Gasteiger partial charge in [-0.3, -0.25) is 9.59 Å². The molecule has 1 N–H and O–H groups in total. The second-order valence-corrected chi connectivity index (χ2v) is 8.11. The van der Waals surface area contributed by atoms with Gasteiger partial charge in [0.1, 0.15) is 5.82 Å². The highest BCUT2D eigenvalue weighted by atomic mass is 19.4. The number of nitrogens with zero attached hydrogens (tertiary/aromatic N) is 4. The Morgan fingerprint density at radius 2 is 1.97 bits per heavy atom. The van der Waals surface area contributed by atoms with Crippen molar-refractivity contribution in [2.24, 2.45) is 0 Å². The van der Waals surface area contributed by atoms with Gasteiger partial charge in [0.15, 0.2) is 5.69 Å². The monoisotopic (exact) mass is 477 g/mol. The standard InChI is InChI=1S/C20H24F5N5O3/c1-33-7-4-15-27-14-10-29(6-3-13(14)18(28-15)20(23,24)25)17(32)8-12(26)9-30-11-19(21,22)5-2-16(30)31/h26H,2-11H2,1H3. The van der Waals surface area contributed by atoms with Crippen molar-refractivity contribution in [2.75, 3.05) is 33.4 Å². The first-order valence-electron chi connectivity index (χ1n) is 10.3. The van der Waals surface area contributed by atoms with Crippen LogP contribution in [0.2, 0.25) is 0 Å². The Balaban J connectivity index is 1.68. The first-order valence-corrected chi connectivity index (χ1v) is 10.3. The summed E-state index contributed by atoms with van der Waals surface area (Å²) in [7, 11) is 1.40. The normalized spacial score (nSPS) is 18.3. The highest BCUT2D eigenvalue weighted by Gasteiger charge is 2.40. The van der Waals surface area contributed by atoms with E-state index in [4.69, 9.17) is 10.1 Å². The topological polar surface area (TPSA) is 99.5 Å². The molecule has 0 radical (unpaired) electrons. The van der Waals surface area contributed by atoms with Crippen LogP contribution in [0.15, 0.2) is 0 Å². The van der Waals surface area contributed by atoms with Gasteiger partial charge in [0.2, 0.25) is 11.8 Å². The van der Waals surface area contributed by atoms with Crippen molar-refractivity contribution in [1.29, 1.82) is 5.41 Å². The number of alkyl halides is 5. The summed E-state index contributed by atoms with van der Waals surface area (Å²) in [5.74, 6) is -4.14. The minimum absolute atomic E-state index is 0.0241. The maximum Gasteiger partial charge on any atom is 0.433 e. The van der Waals surface area contributed by atoms with E-state index in [0.29, 0.717) is 0 Å². The molecule has 1 aromatic rings. The molecule has 0 atom stereocenters. The van der Waals surface area contributed by atoms with Crippen LogP contribution in [0.1, 0.15) is 42.0 Å². The fourth-order valence-electron chi connectivity index (χ4n) is 3.85. The van der Waals surface area contributed by atoms with Crippen LogP contribution in [0, 0.1) is 5.41 Å². The number of hydrogen-bond acceptors (Lipinski definition) is 6. The van der Waals surface area contributed by atoms with Crippen molar-refractivity contribution in [3.8, 4) is 0 Å². The number of hydrogen-bond donors (Lipinski definition) is 1. The average Bonchev–Trinajstić information content (AvgIpc) is 2.72. The second-order valence-electron chi connectivity index (χ2n) is 8.11. The largest absolute Gasteiger partial charge is 0.433 e. The van der Waals surface area contributed by atoms with Crippen molar-refractivity contribution in [2.45, 2.75) is 50.7 Å². The molecule has 0 bridgehead atoms. The first kappa shape index (κ1) is 24.9. The number of likely N-dealkylation sites (tertiary alicyclic amines) is 1. The van der Waals surface area contributed by atoms with E-state index in [2.05, 4.69) is 9.97 Å². The molecule has 8 nitrogen and oxygen atoms in total. The number of amides is 2. The summed E-state index contributed by atoms with van der Waals surface area (Å²) in [4.78, 5) is 34.5. The molecule has 0 aliphatic carbocycles. The molecule has 0 aromatic carbocycles. The third-order valence-electron chi connectivity index (χ3n) is 5.49. The molecule has 0 saturated carbocycles. The Morgan fingerprint density at radius 3 is 2.64 bits per heavy atom. The molecule has 2 aliphatic heterocycles. The van der Waals surface area contributed by atoms with Crippen molar-refractivity contribution in [1.82, 2.24) is 19.8 Å². The molecule has 2 amide bonds. The van der Waals surface area contributed by atoms with Crippen molar-refractivity contribution >= 4 is 17.5 Å². The molecule has 0 spiro atoms. The molecular weight excluding hydrogens is 453 g/mol. The van der Waals surface area contributed by atoms with Gasteiger partial charge in [-0.25, -0.2) is 18.7 Å². The molecule has 33 heavy (non-hydrogen) atoms. The van der Waals surface area contributed by atoms with E-state index in [0.717, 1.165) is 4.90 Å². The van der Waals surface area contributed by atoms with Crippen molar-refractivity contribution < 1.29 is 36.3 Å². The number of fused-ring (bicyclic) bond motifs is 1. The zero-order valence-corrected chi connectivity index (χ0v) is 18.0. The fraction of sp³-hybridized carbons (Fsp3) is 0.650. The Hall–Kier alpha value is -2.70. The van der Waals surface area contributed by atoms with Gasteiger partial charge >= 0.3 is 6.18 Å². The lowest BCUT2D eigenvalue weighted by molar-refractivity contribution is -0.145. The van der Waals surface area contributed by atoms with Gasteiger partial charge in [-0.1, -0.05) is 0 Å². The second kappa shape index (κ2) is 9.65. The van der Waals surface area contributed by atoms with Crippen LogP contribution in [0.5, 0.6) is 0 Å². The molecule has 1 aromatic heterocycles. The predicted molar refractivity (Wildman–Crippen MR) is 105 cm³/mol. The lowest BCUT2D eigenvalue weighted by Crippen LogP contribution is -2.48. The van der Waals surface area contributed by atoms with Crippen LogP contribution in [0.3, 0.4) is 0 Å². The van der Waals surface area contributed by atoms with Gasteiger partial charge in [0.05, 0.1) is 38.4 Å². The van der Waals surface area contributed by atoms with Gasteiger partial charge < -0.3 is 19.9 Å². The molecule has 2 aliphatic rings. The maximum absolute atomic E-state index is 13.6. The quantitative estimate of drug-likeness (QED) is 0.480. The van der Waals surface area contributed by atoms with Crippen molar-refractivity contribution in [3.63, 3.8) is 0 Å². The molecular formula is C20H24F5N5O3. The predicted octanol–water partition coefficient (Wildman–Crippen LogP) is 2.24. The van der Waals surface area contributed by atoms with E-state index < -0.39 is 55.5 Å². The SMILES string of the molecule is COCCc1nc2c(c(C(F)(F)F)n1)CCN(C(=O)CC(=N)CN1CC(F)(F)CCC1=O)C2. The highest BCUT2D eigenvalue weighted by Crippen LogP contribution is 2.34. The number of ether oxygens (including phenoxy) is 1. The van der Waals surface area contributed by atoms with E-state index in [9.17, 15) is 31.5 Å². The number of piperidine rings is 1. The summed E-state index contributed by atoms with van der Waals surface area (Å²) in [6.45, 7) is -1.28. The van der Waals surface area contributed by atoms with Crippen LogP contribution >= 0.6 is 0 Å². The number of methoxy groups -OCH3 is 1. The van der Waals surface area contributed by atoms with E-state index in [1.165, 1.54) is 12.0 Å². The summed E-state index contributed by atoms with van der Waals surface area (Å²) in [5.41, 5.74) is -1.23. The van der Waals surface area contributed by atoms with Crippen LogP contribution < -0.4 is 0 Å². The van der Waals surface area contributed by atoms with Gasteiger partial charge in [-0.05, 0) is 6.42 Å². The number of rotatable bonds is 7. The average molecular weight is 477 g/mol. The Labute approximate surface area is 186 Å². The van der Waals surface area contributed by atoms with Crippen LogP contribution in [0.4, 0.5) is 22.0 Å². The van der Waals surface area contributed by atoms with Crippen LogP contribution in [-0.2, 0) is 39.9 Å². The summed E-state index contributed by atoms with van der Waals surface area (Å²) in [6.07, 6.45) is -6.02. The lowest BCUT2D eigenvalue weighted by atomic mass is 10.0. The van der Waals surface area contributed by atoms with Crippen LogP contribution in [0.25, 0.3) is 0 Å². The zero-order chi connectivity index (χ0) is 24.4. The maximum atomic E-state index is 13.6. The van der Waals surface area contributed by atoms with Gasteiger partial charge in [-0.15, -0.1) is 0 Å². The minimum Gasteiger partial charge on any atom is -0.384 e. The Kier molecular flexibility index (Phi) is 7.29. The fourth-order valence-corrected chi connectivity index (χ4v) is 3.85. The number of carbonyl (C=O) groups excluding carboxylic acids is 2. The molecule has 1 saturated heterocycles. The zero-order valence-electron chi connectivity index (χ0n) is 18.0. The Bertz CT molecular complexity index is 937. The van der Waals surface area contributed by atoms with E-state index in [1.54, 1.807) is 0 Å². The van der Waals surface area contributed by atoms with E-state index >= 15 is 0 Å². The summed E-state index contributed by atoms with van der Waals surface area (Å²) >= 11 is 0. The van der Waals surface area contributed by atoms with E-state index in [1.807, 2.05) is 0 Å². The first-order chi connectivity index (χ1) is 15.4. The molecule has 3 heterocycles. The number of aromatic nitrogens is 2. The number of halogens is 5. The summed E-state index contributed by atoms with van der Waals surface area (Å²) < 4.78 is 72.5. The molecule has 13 heteroatoms. The third-order valence-corrected chi connectivity index (χ3v) is 5.49. The number of nitrogens with one attached hydrogen (secondary N) is 1. The Morgan fingerprint density at radius 1 is 1.24 bits per heavy atom. The minimum atomic E-state index is -4.67. The highest BCUT2D eigenvalue weighted by molar-refractivity contribution is 6.01. The number of carbonyl (C=O) groups is 2. The van der Waals surface area contributed by atoms with E-state index in [-0.39, 0.29) is 61.8 Å². The molecule has 0 unspecified atom stereocenters. The third kappa shape index (κ3) is 6.21. The van der Waals surface area contributed by atoms with Gasteiger partial charge in [-0.2, -0.15) is 13.2 Å². The summed E-state index contributed by atoms with van der Waals surface area (Å²) in [5, 5.41) is 7.99. The van der Waals surface area contributed by atoms with Crippen LogP contribution in [-0.4, -0.2) is 76.6 Å². The van der Waals surface area contributed by atoms with Gasteiger partial charge in [0.25, 0.3) is 5.92 Å². The molecule has 182 valence electrons. The smallest absolute Gasteiger partial charge is 0.384 e. The van der Waals surface area contributed by atoms with Gasteiger partial charge in [0, 0.05) is 44.2 Å². The molecule has 1 fully saturated rings. The lowest BCUT2D eigenvalue weighted by Gasteiger charge is -2.33. The van der Waals surface area contributed by atoms with Crippen molar-refractivity contribution in [3.05, 3.63) is 22.8 Å².